The van der Waals surface area contributed by atoms with E-state index in [2.05, 4.69) is 10.6 Å². The molecule has 0 saturated heterocycles. The largest absolute Gasteiger partial charge is 0.481 e. The van der Waals surface area contributed by atoms with Crippen LogP contribution in [-0.2, 0) is 16.0 Å². The second kappa shape index (κ2) is 16.4. The van der Waals surface area contributed by atoms with Gasteiger partial charge >= 0.3 is 5.97 Å². The molecule has 0 unspecified atom stereocenters. The first-order valence-corrected chi connectivity index (χ1v) is 13.8. The molecule has 224 valence electrons. The molecule has 0 spiro atoms. The van der Waals surface area contributed by atoms with Gasteiger partial charge in [0.15, 0.2) is 0 Å². The molecule has 2 aromatic carbocycles. The summed E-state index contributed by atoms with van der Waals surface area (Å²) in [6, 6.07) is 6.69. The molecule has 0 fully saturated rings. The Kier molecular flexibility index (Phi) is 13.4. The third kappa shape index (κ3) is 11.3. The number of aryl methyl sites for hydroxylation is 1. The van der Waals surface area contributed by atoms with Crippen LogP contribution >= 0.6 is 0 Å². The number of halogens is 2. The van der Waals surface area contributed by atoms with Crippen LogP contribution in [0.15, 0.2) is 36.4 Å². The summed E-state index contributed by atoms with van der Waals surface area (Å²) in [7, 11) is 0. The Morgan fingerprint density at radius 2 is 1.51 bits per heavy atom. The number of aliphatic hydroxyl groups is 1. The highest BCUT2D eigenvalue weighted by atomic mass is 19.1. The number of hydrogen-bond donors (Lipinski definition) is 4. The summed E-state index contributed by atoms with van der Waals surface area (Å²) in [6.07, 6.45) is -0.379. The third-order valence-electron chi connectivity index (χ3n) is 6.35. The molecule has 0 radical (unpaired) electrons. The van der Waals surface area contributed by atoms with Gasteiger partial charge in [0.05, 0.1) is 18.6 Å². The van der Waals surface area contributed by atoms with Crippen molar-refractivity contribution in [1.29, 1.82) is 0 Å². The molecule has 0 aromatic heterocycles. The molecule has 0 aliphatic rings. The number of benzene rings is 2. The van der Waals surface area contributed by atoms with Crippen molar-refractivity contribution in [3.8, 4) is 0 Å². The average molecular weight is 576 g/mol. The minimum atomic E-state index is -1.24. The first-order valence-electron chi connectivity index (χ1n) is 13.8. The van der Waals surface area contributed by atoms with E-state index in [0.29, 0.717) is 30.3 Å². The Labute approximate surface area is 238 Å². The van der Waals surface area contributed by atoms with Gasteiger partial charge in [0.2, 0.25) is 5.91 Å². The van der Waals surface area contributed by atoms with Gasteiger partial charge in [0.1, 0.15) is 11.6 Å². The van der Waals surface area contributed by atoms with E-state index in [1.807, 2.05) is 13.8 Å². The fraction of sp³-hybridized carbons (Fsp3) is 0.467. The van der Waals surface area contributed by atoms with Gasteiger partial charge in [0, 0.05) is 43.2 Å². The normalized spacial score (nSPS) is 12.3. The number of carbonyl (C=O) groups is 4. The minimum Gasteiger partial charge on any atom is -0.481 e. The molecular weight excluding hydrogens is 536 g/mol. The Morgan fingerprint density at radius 1 is 0.902 bits per heavy atom. The lowest BCUT2D eigenvalue weighted by molar-refractivity contribution is -0.138. The molecule has 0 saturated carbocycles. The molecule has 2 rings (SSSR count). The van der Waals surface area contributed by atoms with Crippen molar-refractivity contribution in [1.82, 2.24) is 15.5 Å². The van der Waals surface area contributed by atoms with Gasteiger partial charge in [0.25, 0.3) is 11.8 Å². The topological polar surface area (TPSA) is 136 Å². The van der Waals surface area contributed by atoms with Gasteiger partial charge in [-0.2, -0.15) is 0 Å². The smallest absolute Gasteiger partial charge is 0.303 e. The molecule has 4 N–H and O–H groups in total. The van der Waals surface area contributed by atoms with Crippen LogP contribution in [0.3, 0.4) is 0 Å². The number of nitrogens with one attached hydrogen (secondary N) is 2. The second-order valence-electron chi connectivity index (χ2n) is 10.0. The van der Waals surface area contributed by atoms with Crippen molar-refractivity contribution < 1.29 is 38.2 Å². The lowest BCUT2D eigenvalue weighted by Gasteiger charge is -2.25. The number of carboxylic acids is 1. The van der Waals surface area contributed by atoms with Crippen molar-refractivity contribution in [3.63, 3.8) is 0 Å². The molecule has 3 amide bonds. The number of hydrogen-bond acceptors (Lipinski definition) is 5. The maximum absolute atomic E-state index is 13.9. The van der Waals surface area contributed by atoms with Crippen molar-refractivity contribution >= 4 is 23.7 Å². The Morgan fingerprint density at radius 3 is 2.10 bits per heavy atom. The number of aliphatic carboxylic acids is 1. The highest BCUT2D eigenvalue weighted by Gasteiger charge is 2.24. The predicted molar refractivity (Wildman–Crippen MR) is 149 cm³/mol. The van der Waals surface area contributed by atoms with E-state index in [9.17, 15) is 33.1 Å². The van der Waals surface area contributed by atoms with E-state index >= 15 is 0 Å². The molecular formula is C30H39F2N3O6. The number of rotatable bonds is 16. The van der Waals surface area contributed by atoms with Crippen LogP contribution in [-0.4, -0.2) is 70.6 Å². The van der Waals surface area contributed by atoms with Gasteiger partial charge < -0.3 is 25.7 Å². The maximum Gasteiger partial charge on any atom is 0.303 e. The van der Waals surface area contributed by atoms with Crippen molar-refractivity contribution in [2.45, 2.75) is 71.4 Å². The molecule has 2 aromatic rings. The van der Waals surface area contributed by atoms with Crippen LogP contribution in [0.1, 0.15) is 77.8 Å². The van der Waals surface area contributed by atoms with Crippen molar-refractivity contribution in [2.24, 2.45) is 0 Å². The second-order valence-corrected chi connectivity index (χ2v) is 10.0. The fourth-order valence-corrected chi connectivity index (χ4v) is 4.46. The molecule has 2 atom stereocenters. The lowest BCUT2D eigenvalue weighted by atomic mass is 9.97. The van der Waals surface area contributed by atoms with E-state index < -0.39 is 41.6 Å². The summed E-state index contributed by atoms with van der Waals surface area (Å²) in [5.74, 6) is -4.03. The van der Waals surface area contributed by atoms with Crippen LogP contribution in [0.25, 0.3) is 0 Å². The van der Waals surface area contributed by atoms with E-state index in [0.717, 1.165) is 25.0 Å². The number of carbonyl (C=O) groups excluding carboxylic acids is 3. The Balaban J connectivity index is 2.24. The van der Waals surface area contributed by atoms with E-state index in [1.54, 1.807) is 24.0 Å². The van der Waals surface area contributed by atoms with Crippen molar-refractivity contribution in [2.75, 3.05) is 19.6 Å². The number of aliphatic hydroxyl groups excluding tert-OH is 1. The van der Waals surface area contributed by atoms with Gasteiger partial charge in [-0.15, -0.1) is 0 Å². The highest BCUT2D eigenvalue weighted by Crippen LogP contribution is 2.16. The molecule has 0 heterocycles. The predicted octanol–water partition coefficient (Wildman–Crippen LogP) is 3.61. The Bertz CT molecular complexity index is 1200. The summed E-state index contributed by atoms with van der Waals surface area (Å²) in [5.41, 5.74) is 1.42. The zero-order chi connectivity index (χ0) is 30.5. The van der Waals surface area contributed by atoms with Crippen molar-refractivity contribution in [3.05, 3.63) is 70.3 Å². The highest BCUT2D eigenvalue weighted by molar-refractivity contribution is 6.00. The quantitative estimate of drug-likeness (QED) is 0.242. The van der Waals surface area contributed by atoms with Crippen LogP contribution in [0.2, 0.25) is 0 Å². The lowest BCUT2D eigenvalue weighted by Crippen LogP contribution is -2.46. The summed E-state index contributed by atoms with van der Waals surface area (Å²) in [6.45, 7) is 6.84. The summed E-state index contributed by atoms with van der Waals surface area (Å²) in [5, 5.41) is 24.9. The molecule has 9 nitrogen and oxygen atoms in total. The zero-order valence-corrected chi connectivity index (χ0v) is 23.7. The van der Waals surface area contributed by atoms with E-state index in [-0.39, 0.29) is 49.3 Å². The number of carboxylic acid groups (broad SMARTS) is 1. The number of nitrogens with zero attached hydrogens (tertiary/aromatic N) is 1. The number of amides is 3. The summed E-state index contributed by atoms with van der Waals surface area (Å²) < 4.78 is 27.7. The van der Waals surface area contributed by atoms with Gasteiger partial charge in [-0.25, -0.2) is 8.78 Å². The van der Waals surface area contributed by atoms with Crippen LogP contribution in [0, 0.1) is 18.6 Å². The van der Waals surface area contributed by atoms with Crippen LogP contribution in [0.4, 0.5) is 8.78 Å². The fourth-order valence-electron chi connectivity index (χ4n) is 4.46. The minimum absolute atomic E-state index is 0.0166. The molecule has 0 aliphatic heterocycles. The average Bonchev–Trinajstić information content (AvgIpc) is 2.90. The molecule has 0 bridgehead atoms. The van der Waals surface area contributed by atoms with Gasteiger partial charge in [-0.1, -0.05) is 13.8 Å². The van der Waals surface area contributed by atoms with Crippen LogP contribution in [0.5, 0.6) is 0 Å². The maximum atomic E-state index is 13.9. The van der Waals surface area contributed by atoms with E-state index in [1.165, 1.54) is 6.07 Å². The molecule has 0 aliphatic carbocycles. The Hall–Kier alpha value is -3.86. The first kappa shape index (κ1) is 33.3. The SMILES string of the molecule is CCCN(CCC)C(=O)c1cc(C)cc(C(=O)N[C@H](Cc2cc(F)cc(F)c2)[C@@H](O)CCNC(=O)CCC(=O)O)c1. The first-order chi connectivity index (χ1) is 19.4. The summed E-state index contributed by atoms with van der Waals surface area (Å²) >= 11 is 0. The monoisotopic (exact) mass is 575 g/mol. The van der Waals surface area contributed by atoms with Crippen LogP contribution < -0.4 is 10.6 Å². The van der Waals surface area contributed by atoms with E-state index in [4.69, 9.17) is 5.11 Å². The third-order valence-corrected chi connectivity index (χ3v) is 6.35. The van der Waals surface area contributed by atoms with Gasteiger partial charge in [-0.3, -0.25) is 19.2 Å². The van der Waals surface area contributed by atoms with Gasteiger partial charge in [-0.05, 0) is 74.1 Å². The zero-order valence-electron chi connectivity index (χ0n) is 23.7. The summed E-state index contributed by atoms with van der Waals surface area (Å²) in [4.78, 5) is 50.7. The molecule has 41 heavy (non-hydrogen) atoms. The standard InChI is InChI=1S/C30H39F2N3O6/c1-4-10-35(11-5-2)30(41)22-13-19(3)12-21(17-22)29(40)34-25(16-20-14-23(31)18-24(32)15-20)26(36)8-9-33-27(37)6-7-28(38)39/h12-15,17-18,25-26,36H,4-11,16H2,1-3H3,(H,33,37)(H,34,40)(H,38,39)/t25-,26+/m1/s1. The molecule has 11 heteroatoms.